The third-order valence-electron chi connectivity index (χ3n) is 1.63. The monoisotopic (exact) mass is 373 g/mol. The van der Waals surface area contributed by atoms with E-state index in [2.05, 4.69) is 26.2 Å². The highest BCUT2D eigenvalue weighted by molar-refractivity contribution is 9.10. The SMILES string of the molecule is CCn1nnc(C(Cl)(Cl)C(Cl)(Cl)Cl)c1Br. The quantitative estimate of drug-likeness (QED) is 0.729. The largest absolute Gasteiger partial charge is 0.238 e. The summed E-state index contributed by atoms with van der Waals surface area (Å²) in [5, 5.41) is 7.56. The van der Waals surface area contributed by atoms with Gasteiger partial charge in [-0.2, -0.15) is 0 Å². The van der Waals surface area contributed by atoms with Crippen LogP contribution in [0, 0.1) is 0 Å². The van der Waals surface area contributed by atoms with Crippen molar-refractivity contribution < 1.29 is 0 Å². The summed E-state index contributed by atoms with van der Waals surface area (Å²) in [6.45, 7) is 2.47. The molecule has 15 heavy (non-hydrogen) atoms. The fourth-order valence-corrected chi connectivity index (χ4v) is 2.28. The lowest BCUT2D eigenvalue weighted by molar-refractivity contribution is 0.615. The van der Waals surface area contributed by atoms with Crippen LogP contribution in [0.15, 0.2) is 4.60 Å². The van der Waals surface area contributed by atoms with E-state index < -0.39 is 8.13 Å². The molecule has 0 amide bonds. The van der Waals surface area contributed by atoms with Gasteiger partial charge in [-0.3, -0.25) is 0 Å². The van der Waals surface area contributed by atoms with Crippen LogP contribution in [0.1, 0.15) is 12.6 Å². The molecular weight excluding hydrogens is 371 g/mol. The lowest BCUT2D eigenvalue weighted by atomic mass is 10.3. The first kappa shape index (κ1) is 14.1. The van der Waals surface area contributed by atoms with Crippen molar-refractivity contribution in [2.24, 2.45) is 0 Å². The van der Waals surface area contributed by atoms with Crippen LogP contribution < -0.4 is 0 Å². The first-order valence-corrected chi connectivity index (χ1v) is 6.44. The van der Waals surface area contributed by atoms with Crippen LogP contribution in [0.3, 0.4) is 0 Å². The van der Waals surface area contributed by atoms with Gasteiger partial charge in [-0.15, -0.1) is 5.10 Å². The molecule has 0 aliphatic rings. The van der Waals surface area contributed by atoms with E-state index in [9.17, 15) is 0 Å². The smallest absolute Gasteiger partial charge is 0.228 e. The summed E-state index contributed by atoms with van der Waals surface area (Å²) < 4.78 is -1.64. The average Bonchev–Trinajstić information content (AvgIpc) is 2.44. The highest BCUT2D eigenvalue weighted by Crippen LogP contribution is 2.53. The van der Waals surface area contributed by atoms with Crippen molar-refractivity contribution in [1.29, 1.82) is 0 Å². The van der Waals surface area contributed by atoms with Crippen LogP contribution in [0.25, 0.3) is 0 Å². The highest BCUT2D eigenvalue weighted by Gasteiger charge is 2.51. The molecule has 1 aromatic rings. The molecule has 1 aromatic heterocycles. The van der Waals surface area contributed by atoms with E-state index in [0.29, 0.717) is 11.1 Å². The summed E-state index contributed by atoms with van der Waals surface area (Å²) in [5.74, 6) is 0. The van der Waals surface area contributed by atoms with Gasteiger partial charge in [0.05, 0.1) is 0 Å². The van der Waals surface area contributed by atoms with Gasteiger partial charge in [-0.05, 0) is 22.9 Å². The number of alkyl halides is 5. The molecule has 0 saturated heterocycles. The van der Waals surface area contributed by atoms with Gasteiger partial charge in [-0.1, -0.05) is 63.2 Å². The summed E-state index contributed by atoms with van der Waals surface area (Å²) in [5.41, 5.74) is 0.174. The van der Waals surface area contributed by atoms with Crippen molar-refractivity contribution >= 4 is 73.9 Å². The Morgan fingerprint density at radius 3 is 2.13 bits per heavy atom. The van der Waals surface area contributed by atoms with Gasteiger partial charge in [0.1, 0.15) is 10.3 Å². The molecule has 0 N–H and O–H groups in total. The third-order valence-corrected chi connectivity index (χ3v) is 4.77. The molecule has 0 spiro atoms. The van der Waals surface area contributed by atoms with E-state index in [1.165, 1.54) is 4.68 Å². The number of rotatable bonds is 2. The minimum Gasteiger partial charge on any atom is -0.238 e. The van der Waals surface area contributed by atoms with Crippen molar-refractivity contribution in [2.75, 3.05) is 0 Å². The molecule has 9 heteroatoms. The zero-order valence-electron chi connectivity index (χ0n) is 7.32. The number of hydrogen-bond acceptors (Lipinski definition) is 2. The molecule has 0 bridgehead atoms. The zero-order valence-corrected chi connectivity index (χ0v) is 12.7. The van der Waals surface area contributed by atoms with Crippen LogP contribution in [0.5, 0.6) is 0 Å². The van der Waals surface area contributed by atoms with E-state index in [0.717, 1.165) is 0 Å². The van der Waals surface area contributed by atoms with Crippen LogP contribution in [0.4, 0.5) is 0 Å². The predicted octanol–water partition coefficient (Wildman–Crippen LogP) is 4.06. The molecule has 1 heterocycles. The van der Waals surface area contributed by atoms with E-state index in [-0.39, 0.29) is 5.69 Å². The van der Waals surface area contributed by atoms with Gasteiger partial charge in [0.2, 0.25) is 8.13 Å². The fraction of sp³-hybridized carbons (Fsp3) is 0.667. The Balaban J connectivity index is 3.22. The number of halogens is 6. The molecule has 1 rings (SSSR count). The molecule has 0 radical (unpaired) electrons. The van der Waals surface area contributed by atoms with Crippen LogP contribution in [-0.4, -0.2) is 18.8 Å². The van der Waals surface area contributed by atoms with E-state index >= 15 is 0 Å². The van der Waals surface area contributed by atoms with Gasteiger partial charge < -0.3 is 0 Å². The minimum absolute atomic E-state index is 0.174. The van der Waals surface area contributed by atoms with E-state index in [4.69, 9.17) is 58.0 Å². The van der Waals surface area contributed by atoms with E-state index in [1.807, 2.05) is 6.92 Å². The van der Waals surface area contributed by atoms with Crippen LogP contribution >= 0.6 is 73.9 Å². The second-order valence-electron chi connectivity index (χ2n) is 2.62. The standard InChI is InChI=1S/C6H5BrCl5N3/c1-2-15-4(7)3(13-14-15)5(8,9)6(10,11)12/h2H2,1H3. The summed E-state index contributed by atoms with van der Waals surface area (Å²) in [6, 6.07) is 0. The maximum Gasteiger partial charge on any atom is 0.228 e. The van der Waals surface area contributed by atoms with E-state index in [1.54, 1.807) is 0 Å². The maximum atomic E-state index is 5.94. The van der Waals surface area contributed by atoms with Gasteiger partial charge >= 0.3 is 0 Å². The maximum absolute atomic E-state index is 5.94. The van der Waals surface area contributed by atoms with Crippen molar-refractivity contribution in [1.82, 2.24) is 15.0 Å². The summed E-state index contributed by atoms with van der Waals surface area (Å²) >= 11 is 32.1. The number of hydrogen-bond donors (Lipinski definition) is 0. The second-order valence-corrected chi connectivity index (χ2v) is 6.98. The average molecular weight is 376 g/mol. The number of aromatic nitrogens is 3. The molecule has 0 aromatic carbocycles. The summed E-state index contributed by atoms with van der Waals surface area (Å²) in [4.78, 5) is 0. The Bertz CT molecular complexity index is 358. The Morgan fingerprint density at radius 2 is 1.80 bits per heavy atom. The Hall–Kier alpha value is 1.07. The van der Waals surface area contributed by atoms with Gasteiger partial charge in [-0.25, -0.2) is 4.68 Å². The van der Waals surface area contributed by atoms with Crippen LogP contribution in [0.2, 0.25) is 0 Å². The first-order chi connectivity index (χ1) is 6.71. The molecule has 0 saturated carbocycles. The van der Waals surface area contributed by atoms with Crippen molar-refractivity contribution in [3.8, 4) is 0 Å². The third kappa shape index (κ3) is 2.67. The molecule has 0 aliphatic heterocycles. The summed E-state index contributed by atoms with van der Waals surface area (Å²) in [7, 11) is 0. The molecule has 3 nitrogen and oxygen atoms in total. The zero-order chi connectivity index (χ0) is 11.9. The van der Waals surface area contributed by atoms with Crippen molar-refractivity contribution in [3.63, 3.8) is 0 Å². The van der Waals surface area contributed by atoms with Gasteiger partial charge in [0.25, 0.3) is 0 Å². The molecule has 0 aliphatic carbocycles. The minimum atomic E-state index is -1.90. The molecule has 0 atom stereocenters. The van der Waals surface area contributed by atoms with Crippen LogP contribution in [-0.2, 0) is 10.9 Å². The van der Waals surface area contributed by atoms with Gasteiger partial charge in [0.15, 0.2) is 0 Å². The second kappa shape index (κ2) is 4.75. The number of nitrogens with zero attached hydrogens (tertiary/aromatic N) is 3. The Kier molecular flexibility index (Phi) is 4.47. The summed E-state index contributed by atoms with van der Waals surface area (Å²) in [6.07, 6.45) is 0. The Labute approximate surface area is 120 Å². The predicted molar refractivity (Wildman–Crippen MR) is 67.1 cm³/mol. The van der Waals surface area contributed by atoms with Crippen molar-refractivity contribution in [3.05, 3.63) is 10.3 Å². The molecule has 86 valence electrons. The molecule has 0 fully saturated rings. The van der Waals surface area contributed by atoms with Gasteiger partial charge in [0, 0.05) is 6.54 Å². The number of aryl methyl sites for hydroxylation is 1. The molecule has 0 unspecified atom stereocenters. The lowest BCUT2D eigenvalue weighted by Crippen LogP contribution is -2.29. The van der Waals surface area contributed by atoms with Crippen molar-refractivity contribution in [2.45, 2.75) is 21.6 Å². The molecular formula is C6H5BrCl5N3. The normalized spacial score (nSPS) is 13.3. The fourth-order valence-electron chi connectivity index (χ4n) is 0.830. The highest BCUT2D eigenvalue weighted by atomic mass is 79.9. The lowest BCUT2D eigenvalue weighted by Gasteiger charge is -2.25. The topological polar surface area (TPSA) is 30.7 Å². The first-order valence-electron chi connectivity index (χ1n) is 3.75. The Morgan fingerprint density at radius 1 is 1.27 bits per heavy atom.